The molecular formula is C30H50N4O18. The number of rotatable bonds is 30. The Morgan fingerprint density at radius 3 is 1.73 bits per heavy atom. The number of ether oxygens (including phenoxy) is 2. The van der Waals surface area contributed by atoms with Crippen LogP contribution in [0.3, 0.4) is 0 Å². The van der Waals surface area contributed by atoms with Gasteiger partial charge in [0.2, 0.25) is 0 Å². The molecule has 6 atom stereocenters. The van der Waals surface area contributed by atoms with E-state index in [4.69, 9.17) is 29.9 Å². The topological polar surface area (TPSA) is 348 Å². The molecule has 22 nitrogen and oxygen atoms in total. The van der Waals surface area contributed by atoms with Crippen LogP contribution in [0, 0.1) is 0 Å². The molecule has 1 aliphatic heterocycles. The predicted molar refractivity (Wildman–Crippen MR) is 174 cm³/mol. The highest BCUT2D eigenvalue weighted by atomic mass is 16.7. The molecule has 1 heterocycles. The van der Waals surface area contributed by atoms with Crippen molar-refractivity contribution in [1.29, 1.82) is 0 Å². The summed E-state index contributed by atoms with van der Waals surface area (Å²) in [7, 11) is 0. The molecule has 0 aliphatic carbocycles. The number of aliphatic carboxylic acids is 5. The van der Waals surface area contributed by atoms with Crippen LogP contribution in [0.5, 0.6) is 0 Å². The summed E-state index contributed by atoms with van der Waals surface area (Å²) < 4.78 is 10.6. The first-order valence-electron chi connectivity index (χ1n) is 16.2. The Labute approximate surface area is 298 Å². The summed E-state index contributed by atoms with van der Waals surface area (Å²) in [4.78, 5) is 60.8. The summed E-state index contributed by atoms with van der Waals surface area (Å²) in [6, 6.07) is -1.23. The number of carboxylic acid groups (broad SMARTS) is 5. The maximum absolute atomic E-state index is 12.4. The molecule has 0 fully saturated rings. The van der Waals surface area contributed by atoms with Gasteiger partial charge in [-0.3, -0.25) is 38.7 Å². The van der Waals surface area contributed by atoms with E-state index in [-0.39, 0.29) is 63.8 Å². The second-order valence-electron chi connectivity index (χ2n) is 11.8. The molecule has 0 aromatic carbocycles. The standard InChI is InChI=1S/C30H50N4O18/c35-16-21(39)29(52-27-5-4-19(37)22(17-36)51-27)28(48)20(38)11-31-6-2-1-3-18(30(49)50)34(9-7-32(12-23(40)41)13-24(42)43)10-8-33(14-25(44)45)15-26(46)47/h4-5,18,20-22,28-29,31,35-39,48H,1-3,6-17H2,(H,40,41)(H,42,43)(H,44,45)(H,46,47)(H,49,50). The maximum atomic E-state index is 12.4. The van der Waals surface area contributed by atoms with Crippen LogP contribution in [0.4, 0.5) is 0 Å². The number of nitrogens with one attached hydrogen (secondary N) is 1. The van der Waals surface area contributed by atoms with Crippen molar-refractivity contribution >= 4 is 29.8 Å². The molecule has 0 bridgehead atoms. The predicted octanol–water partition coefficient (Wildman–Crippen LogP) is -4.42. The third-order valence-electron chi connectivity index (χ3n) is 7.70. The first kappa shape index (κ1) is 45.9. The monoisotopic (exact) mass is 754 g/mol. The van der Waals surface area contributed by atoms with Crippen LogP contribution in [0.1, 0.15) is 19.3 Å². The molecule has 0 radical (unpaired) electrons. The molecule has 0 amide bonds. The van der Waals surface area contributed by atoms with Crippen LogP contribution in [-0.2, 0) is 33.4 Å². The number of aliphatic hydroxyl groups excluding tert-OH is 6. The normalized spacial score (nSPS) is 17.4. The lowest BCUT2D eigenvalue weighted by molar-refractivity contribution is -0.156. The average molecular weight is 755 g/mol. The number of unbranched alkanes of at least 4 members (excludes halogenated alkanes) is 1. The van der Waals surface area contributed by atoms with Gasteiger partial charge in [0.15, 0.2) is 12.2 Å². The summed E-state index contributed by atoms with van der Waals surface area (Å²) >= 11 is 0. The van der Waals surface area contributed by atoms with Crippen LogP contribution < -0.4 is 5.32 Å². The zero-order chi connectivity index (χ0) is 39.4. The summed E-state index contributed by atoms with van der Waals surface area (Å²) in [6.07, 6.45) is -4.91. The van der Waals surface area contributed by atoms with Gasteiger partial charge in [-0.05, 0) is 25.5 Å². The Morgan fingerprint density at radius 2 is 1.29 bits per heavy atom. The second kappa shape index (κ2) is 24.2. The Hall–Kier alpha value is -4.13. The molecule has 0 aromatic rings. The minimum absolute atomic E-state index is 0.00443. The number of allylic oxidation sites excluding steroid dienone is 2. The van der Waals surface area contributed by atoms with Crippen molar-refractivity contribution in [2.45, 2.75) is 55.8 Å². The summed E-state index contributed by atoms with van der Waals surface area (Å²) in [5.74, 6) is -7.19. The number of carboxylic acids is 5. The van der Waals surface area contributed by atoms with Crippen molar-refractivity contribution in [2.75, 3.05) is 78.7 Å². The van der Waals surface area contributed by atoms with Gasteiger partial charge in [-0.2, -0.15) is 0 Å². The quantitative estimate of drug-likeness (QED) is 0.0308. The minimum atomic E-state index is -1.78. The first-order chi connectivity index (χ1) is 24.5. The Bertz CT molecular complexity index is 1150. The lowest BCUT2D eigenvalue weighted by atomic mass is 10.0. The lowest BCUT2D eigenvalue weighted by Crippen LogP contribution is -2.50. The van der Waals surface area contributed by atoms with Crippen molar-refractivity contribution in [3.63, 3.8) is 0 Å². The smallest absolute Gasteiger partial charge is 0.320 e. The second-order valence-corrected chi connectivity index (χ2v) is 11.8. The van der Waals surface area contributed by atoms with E-state index < -0.39 is 106 Å². The van der Waals surface area contributed by atoms with Gasteiger partial charge in [0.25, 0.3) is 5.95 Å². The number of hydrogen-bond donors (Lipinski definition) is 12. The molecule has 22 heteroatoms. The molecule has 52 heavy (non-hydrogen) atoms. The fraction of sp³-hybridized carbons (Fsp3) is 0.700. The van der Waals surface area contributed by atoms with E-state index in [1.54, 1.807) is 0 Å². The number of aliphatic hydroxyl groups is 6. The van der Waals surface area contributed by atoms with E-state index in [1.165, 1.54) is 4.90 Å². The van der Waals surface area contributed by atoms with E-state index in [0.29, 0.717) is 6.42 Å². The number of hydrogen-bond acceptors (Lipinski definition) is 17. The fourth-order valence-corrected chi connectivity index (χ4v) is 5.11. The van der Waals surface area contributed by atoms with Gasteiger partial charge in [-0.15, -0.1) is 0 Å². The van der Waals surface area contributed by atoms with Gasteiger partial charge in [0, 0.05) is 38.8 Å². The Balaban J connectivity index is 2.88. The largest absolute Gasteiger partial charge is 0.508 e. The third-order valence-corrected chi connectivity index (χ3v) is 7.70. The highest BCUT2D eigenvalue weighted by molar-refractivity contribution is 5.74. The summed E-state index contributed by atoms with van der Waals surface area (Å²) in [5, 5.41) is 109. The zero-order valence-corrected chi connectivity index (χ0v) is 28.3. The van der Waals surface area contributed by atoms with E-state index in [1.807, 2.05) is 0 Å². The van der Waals surface area contributed by atoms with Gasteiger partial charge in [0.05, 0.1) is 45.5 Å². The molecule has 0 aromatic heterocycles. The van der Waals surface area contributed by atoms with Gasteiger partial charge in [0.1, 0.15) is 24.0 Å². The van der Waals surface area contributed by atoms with Crippen molar-refractivity contribution in [1.82, 2.24) is 20.0 Å². The van der Waals surface area contributed by atoms with Gasteiger partial charge < -0.3 is 71.0 Å². The zero-order valence-electron chi connectivity index (χ0n) is 28.3. The van der Waals surface area contributed by atoms with Gasteiger partial charge in [-0.25, -0.2) is 0 Å². The average Bonchev–Trinajstić information content (AvgIpc) is 3.05. The van der Waals surface area contributed by atoms with Crippen LogP contribution >= 0.6 is 0 Å². The lowest BCUT2D eigenvalue weighted by Gasteiger charge is -2.32. The molecule has 0 saturated carbocycles. The van der Waals surface area contributed by atoms with Crippen LogP contribution in [0.2, 0.25) is 0 Å². The van der Waals surface area contributed by atoms with E-state index in [0.717, 1.165) is 22.0 Å². The minimum Gasteiger partial charge on any atom is -0.508 e. The Kier molecular flexibility index (Phi) is 21.3. The van der Waals surface area contributed by atoms with Crippen molar-refractivity contribution in [3.8, 4) is 0 Å². The summed E-state index contributed by atoms with van der Waals surface area (Å²) in [6.45, 7) is -4.86. The van der Waals surface area contributed by atoms with Crippen LogP contribution in [-0.4, -0.2) is 216 Å². The third kappa shape index (κ3) is 17.9. The van der Waals surface area contributed by atoms with E-state index in [2.05, 4.69) is 5.32 Å². The molecule has 0 spiro atoms. The maximum Gasteiger partial charge on any atom is 0.320 e. The van der Waals surface area contributed by atoms with Gasteiger partial charge >= 0.3 is 29.8 Å². The molecule has 12 N–H and O–H groups in total. The highest BCUT2D eigenvalue weighted by Crippen LogP contribution is 2.21. The van der Waals surface area contributed by atoms with Crippen molar-refractivity contribution in [3.05, 3.63) is 23.9 Å². The Morgan fingerprint density at radius 1 is 0.769 bits per heavy atom. The number of carbonyl (C=O) groups is 5. The molecule has 1 aliphatic rings. The molecule has 6 unspecified atom stereocenters. The number of nitrogens with zero attached hydrogens (tertiary/aromatic N) is 3. The highest BCUT2D eigenvalue weighted by Gasteiger charge is 2.36. The van der Waals surface area contributed by atoms with Crippen LogP contribution in [0.25, 0.3) is 0 Å². The SMILES string of the molecule is O=C(O)CN(CCN(CCN(CC(=O)O)CC(=O)O)C(CCCCNCC(O)C(O)C(OC1=CC=C(O)C(CO)O1)C(O)CO)C(=O)O)CC(=O)O. The molecule has 298 valence electrons. The molecular weight excluding hydrogens is 704 g/mol. The van der Waals surface area contributed by atoms with Crippen LogP contribution in [0.15, 0.2) is 23.9 Å². The molecule has 1 rings (SSSR count). The van der Waals surface area contributed by atoms with E-state index >= 15 is 0 Å². The fourth-order valence-electron chi connectivity index (χ4n) is 5.11. The van der Waals surface area contributed by atoms with Gasteiger partial charge in [-0.1, -0.05) is 6.42 Å². The summed E-state index contributed by atoms with van der Waals surface area (Å²) in [5.41, 5.74) is 0. The van der Waals surface area contributed by atoms with Crippen molar-refractivity contribution in [2.24, 2.45) is 0 Å². The first-order valence-corrected chi connectivity index (χ1v) is 16.2. The van der Waals surface area contributed by atoms with E-state index in [9.17, 15) is 59.7 Å². The molecule has 0 saturated heterocycles. The van der Waals surface area contributed by atoms with Crippen molar-refractivity contribution < 1.29 is 89.6 Å².